The number of hydrogen-bond acceptors (Lipinski definition) is 4. The molecule has 326 valence electrons. The van der Waals surface area contributed by atoms with Crippen molar-refractivity contribution < 1.29 is 0 Å². The monoisotopic (exact) mass is 882 g/mol. The third kappa shape index (κ3) is 6.61. The van der Waals surface area contributed by atoms with Gasteiger partial charge in [-0.3, -0.25) is 0 Å². The summed E-state index contributed by atoms with van der Waals surface area (Å²) in [4.78, 5) is 9.95. The fraction of sp³-hybridized carbons (Fsp3) is 0.0312. The zero-order valence-corrected chi connectivity index (χ0v) is 38.5. The van der Waals surface area contributed by atoms with Crippen LogP contribution in [0.3, 0.4) is 0 Å². The Morgan fingerprint density at radius 3 is 1.04 bits per heavy atom. The molecular formula is C64H47BN4. The fourth-order valence-corrected chi connectivity index (χ4v) is 11.2. The Hall–Kier alpha value is -8.80. The maximum absolute atomic E-state index is 2.53. The molecule has 0 radical (unpaired) electrons. The number of hydrogen-bond donors (Lipinski definition) is 0. The lowest BCUT2D eigenvalue weighted by Gasteiger charge is -2.45. The molecule has 0 atom stereocenters. The summed E-state index contributed by atoms with van der Waals surface area (Å²) in [5, 5.41) is 4.84. The van der Waals surface area contributed by atoms with Gasteiger partial charge in [-0.25, -0.2) is 0 Å². The molecule has 0 bridgehead atoms. The van der Waals surface area contributed by atoms with Crippen molar-refractivity contribution in [2.75, 3.05) is 19.6 Å². The molecule has 13 rings (SSSR count). The van der Waals surface area contributed by atoms with Gasteiger partial charge in [-0.1, -0.05) is 152 Å². The van der Waals surface area contributed by atoms with E-state index in [0.29, 0.717) is 0 Å². The van der Waals surface area contributed by atoms with Crippen molar-refractivity contribution in [2.24, 2.45) is 0 Å². The summed E-state index contributed by atoms with van der Waals surface area (Å²) in [6.45, 7) is 4.23. The normalized spacial score (nSPS) is 12.4. The molecule has 0 unspecified atom stereocenters. The summed E-state index contributed by atoms with van der Waals surface area (Å²) in [5.74, 6) is 0. The third-order valence-corrected chi connectivity index (χ3v) is 14.0. The van der Waals surface area contributed by atoms with E-state index < -0.39 is 0 Å². The minimum absolute atomic E-state index is 0.132. The second-order valence-corrected chi connectivity index (χ2v) is 18.3. The van der Waals surface area contributed by atoms with Gasteiger partial charge in [0.1, 0.15) is 0 Å². The van der Waals surface area contributed by atoms with E-state index in [0.717, 1.165) is 56.9 Å². The predicted molar refractivity (Wildman–Crippen MR) is 294 cm³/mol. The second-order valence-electron chi connectivity index (χ2n) is 18.3. The smallest absolute Gasteiger partial charge is 0.253 e. The highest BCUT2D eigenvalue weighted by molar-refractivity contribution is 7.03. The third-order valence-electron chi connectivity index (χ3n) is 14.0. The minimum Gasteiger partial charge on any atom is -0.311 e. The van der Waals surface area contributed by atoms with Gasteiger partial charge in [0.2, 0.25) is 0 Å². The molecule has 0 aromatic heterocycles. The first-order valence-electron chi connectivity index (χ1n) is 23.9. The van der Waals surface area contributed by atoms with Gasteiger partial charge in [-0.2, -0.15) is 0 Å². The van der Waals surface area contributed by atoms with Gasteiger partial charge in [-0.15, -0.1) is 0 Å². The first-order valence-corrected chi connectivity index (χ1v) is 23.9. The standard InChI is InChI=1S/C64H47BN4/c1-44-22-19-32-50(40-44)66(46-24-7-3-8-25-46)58-42-60-62(54-36-17-15-34-52(54)58)65-63-55-37-18-16-35-53(55)59(67(47-26-9-4-10-27-47)51-33-20-23-45(2)41-51)43-61(63)69(49-30-13-6-14-31-49)57-39-21-38-56(64(57)65)68(60)48-28-11-5-12-29-48/h3-43H,1-2H3. The molecule has 5 heteroatoms. The maximum atomic E-state index is 2.53. The second kappa shape index (κ2) is 16.5. The van der Waals surface area contributed by atoms with E-state index in [1.165, 1.54) is 60.4 Å². The molecule has 0 spiro atoms. The summed E-state index contributed by atoms with van der Waals surface area (Å²) < 4.78 is 0. The fourth-order valence-electron chi connectivity index (χ4n) is 11.2. The lowest BCUT2D eigenvalue weighted by Crippen LogP contribution is -2.61. The van der Waals surface area contributed by atoms with Crippen LogP contribution in [0.2, 0.25) is 0 Å². The Kier molecular flexibility index (Phi) is 9.69. The zero-order chi connectivity index (χ0) is 46.0. The van der Waals surface area contributed by atoms with Gasteiger partial charge >= 0.3 is 0 Å². The largest absolute Gasteiger partial charge is 0.311 e. The van der Waals surface area contributed by atoms with E-state index in [1.54, 1.807) is 0 Å². The Morgan fingerprint density at radius 2 is 0.638 bits per heavy atom. The highest BCUT2D eigenvalue weighted by Crippen LogP contribution is 2.51. The van der Waals surface area contributed by atoms with Gasteiger partial charge in [0.05, 0.1) is 11.4 Å². The molecule has 2 aliphatic rings. The predicted octanol–water partition coefficient (Wildman–Crippen LogP) is 15.6. The van der Waals surface area contributed by atoms with E-state index in [-0.39, 0.29) is 6.71 Å². The van der Waals surface area contributed by atoms with Crippen LogP contribution < -0.4 is 36.0 Å². The van der Waals surface area contributed by atoms with Crippen LogP contribution in [-0.4, -0.2) is 6.71 Å². The number of nitrogens with zero attached hydrogens (tertiary/aromatic N) is 4. The highest BCUT2D eigenvalue weighted by Gasteiger charge is 2.46. The van der Waals surface area contributed by atoms with Crippen LogP contribution in [0.25, 0.3) is 21.5 Å². The van der Waals surface area contributed by atoms with Gasteiger partial charge in [0.25, 0.3) is 6.71 Å². The van der Waals surface area contributed by atoms with Crippen molar-refractivity contribution in [3.05, 3.63) is 260 Å². The molecule has 0 amide bonds. The SMILES string of the molecule is Cc1cccc(N(c2ccccc2)c2cc3c(c4ccccc24)B2c4c(cccc4N(c4ccccc4)c4cc(N(c5ccccc5)c5cccc(C)c5)c5ccccc5c42)N3c2ccccc2)c1. The quantitative estimate of drug-likeness (QED) is 0.141. The average molecular weight is 883 g/mol. The van der Waals surface area contributed by atoms with E-state index in [9.17, 15) is 0 Å². The summed E-state index contributed by atoms with van der Waals surface area (Å²) >= 11 is 0. The molecule has 2 aliphatic heterocycles. The average Bonchev–Trinajstić information content (AvgIpc) is 3.40. The summed E-state index contributed by atoms with van der Waals surface area (Å²) in [6.07, 6.45) is 0. The van der Waals surface area contributed by atoms with Crippen molar-refractivity contribution in [1.82, 2.24) is 0 Å². The lowest BCUT2D eigenvalue weighted by atomic mass is 9.32. The number of fused-ring (bicyclic) bond motifs is 8. The molecular weight excluding hydrogens is 836 g/mol. The summed E-state index contributed by atoms with van der Waals surface area (Å²) in [6, 6.07) is 91.4. The minimum atomic E-state index is -0.132. The first-order chi connectivity index (χ1) is 34.1. The highest BCUT2D eigenvalue weighted by atomic mass is 15.2. The van der Waals surface area contributed by atoms with E-state index in [2.05, 4.69) is 282 Å². The number of anilines is 12. The zero-order valence-electron chi connectivity index (χ0n) is 38.5. The van der Waals surface area contributed by atoms with Crippen molar-refractivity contribution in [2.45, 2.75) is 13.8 Å². The number of rotatable bonds is 8. The molecule has 11 aromatic carbocycles. The number of para-hydroxylation sites is 4. The van der Waals surface area contributed by atoms with Crippen LogP contribution in [-0.2, 0) is 0 Å². The lowest BCUT2D eigenvalue weighted by molar-refractivity contribution is 1.24. The van der Waals surface area contributed by atoms with Crippen molar-refractivity contribution in [3.8, 4) is 0 Å². The Labute approximate surface area is 404 Å². The number of benzene rings is 11. The van der Waals surface area contributed by atoms with Crippen LogP contribution in [0.5, 0.6) is 0 Å². The van der Waals surface area contributed by atoms with Crippen molar-refractivity contribution >= 4 is 113 Å². The first kappa shape index (κ1) is 40.5. The van der Waals surface area contributed by atoms with Gasteiger partial charge in [-0.05, 0) is 149 Å². The molecule has 0 N–H and O–H groups in total. The van der Waals surface area contributed by atoms with Crippen LogP contribution in [0, 0.1) is 13.8 Å². The Bertz CT molecular complexity index is 3490. The van der Waals surface area contributed by atoms with Gasteiger partial charge in [0, 0.05) is 67.6 Å². The van der Waals surface area contributed by atoms with E-state index in [4.69, 9.17) is 0 Å². The molecule has 11 aromatic rings. The van der Waals surface area contributed by atoms with Crippen molar-refractivity contribution in [3.63, 3.8) is 0 Å². The van der Waals surface area contributed by atoms with Crippen LogP contribution in [0.15, 0.2) is 249 Å². The molecule has 0 aliphatic carbocycles. The molecule has 0 saturated carbocycles. The summed E-state index contributed by atoms with van der Waals surface area (Å²) in [7, 11) is 0. The van der Waals surface area contributed by atoms with Gasteiger partial charge in [0.15, 0.2) is 0 Å². The molecule has 4 nitrogen and oxygen atoms in total. The summed E-state index contributed by atoms with van der Waals surface area (Å²) in [5.41, 5.74) is 19.9. The van der Waals surface area contributed by atoms with Gasteiger partial charge < -0.3 is 19.6 Å². The van der Waals surface area contributed by atoms with E-state index >= 15 is 0 Å². The van der Waals surface area contributed by atoms with Crippen LogP contribution in [0.4, 0.5) is 68.2 Å². The molecule has 0 fully saturated rings. The molecule has 2 heterocycles. The van der Waals surface area contributed by atoms with Crippen LogP contribution >= 0.6 is 0 Å². The molecule has 69 heavy (non-hydrogen) atoms. The Balaban J connectivity index is 1.18. The van der Waals surface area contributed by atoms with E-state index in [1.807, 2.05) is 0 Å². The Morgan fingerprint density at radius 1 is 0.290 bits per heavy atom. The van der Waals surface area contributed by atoms with Crippen molar-refractivity contribution in [1.29, 1.82) is 0 Å². The van der Waals surface area contributed by atoms with Crippen LogP contribution in [0.1, 0.15) is 11.1 Å². The molecule has 0 saturated heterocycles. The maximum Gasteiger partial charge on any atom is 0.253 e. The topological polar surface area (TPSA) is 13.0 Å². The number of aryl methyl sites for hydroxylation is 2.